The molecule has 1 aromatic carbocycles. The van der Waals surface area contributed by atoms with E-state index < -0.39 is 5.97 Å². The van der Waals surface area contributed by atoms with Gasteiger partial charge in [-0.15, -0.1) is 0 Å². The number of nitrogens with zero attached hydrogens (tertiary/aromatic N) is 3. The number of carbonyl (C=O) groups is 1. The fraction of sp³-hybridized carbons (Fsp3) is 0.333. The lowest BCUT2D eigenvalue weighted by atomic mass is 9.78. The van der Waals surface area contributed by atoms with Crippen LogP contribution in [-0.2, 0) is 11.3 Å². The molecule has 0 atom stereocenters. The van der Waals surface area contributed by atoms with Crippen LogP contribution in [0.25, 0.3) is 27.7 Å². The zero-order chi connectivity index (χ0) is 21.9. The van der Waals surface area contributed by atoms with E-state index in [0.29, 0.717) is 19.6 Å². The van der Waals surface area contributed by atoms with Gasteiger partial charge >= 0.3 is 5.97 Å². The maximum absolute atomic E-state index is 14.1. The zero-order valence-electron chi connectivity index (χ0n) is 17.9. The van der Waals surface area contributed by atoms with Crippen LogP contribution in [-0.4, -0.2) is 52.6 Å². The molecule has 0 saturated heterocycles. The predicted molar refractivity (Wildman–Crippen MR) is 119 cm³/mol. The quantitative estimate of drug-likeness (QED) is 0.667. The number of pyridine rings is 1. The first kappa shape index (κ1) is 19.8. The van der Waals surface area contributed by atoms with Crippen LogP contribution in [0.4, 0.5) is 10.1 Å². The number of aromatic nitrogens is 2. The predicted octanol–water partition coefficient (Wildman–Crippen LogP) is 4.13. The first-order chi connectivity index (χ1) is 14.7. The van der Waals surface area contributed by atoms with Gasteiger partial charge in [0.05, 0.1) is 6.54 Å². The second-order valence-electron chi connectivity index (χ2n) is 9.14. The molecule has 31 heavy (non-hydrogen) atoms. The Hall–Kier alpha value is -3.19. The zero-order valence-corrected chi connectivity index (χ0v) is 17.9. The van der Waals surface area contributed by atoms with Crippen molar-refractivity contribution in [3.8, 4) is 11.1 Å². The molecule has 0 amide bonds. The van der Waals surface area contributed by atoms with E-state index >= 15 is 0 Å². The first-order valence-corrected chi connectivity index (χ1v) is 10.4. The number of fused-ring (bicyclic) bond motifs is 2. The minimum Gasteiger partial charge on any atom is -0.480 e. The largest absolute Gasteiger partial charge is 0.480 e. The summed E-state index contributed by atoms with van der Waals surface area (Å²) >= 11 is 0. The van der Waals surface area contributed by atoms with Crippen LogP contribution in [0, 0.1) is 11.2 Å². The molecular weight excluding hydrogens is 395 g/mol. The van der Waals surface area contributed by atoms with E-state index in [9.17, 15) is 14.3 Å². The van der Waals surface area contributed by atoms with Gasteiger partial charge in [-0.25, -0.2) is 9.37 Å². The number of anilines is 1. The van der Waals surface area contributed by atoms with Crippen molar-refractivity contribution in [2.45, 2.75) is 20.4 Å². The third kappa shape index (κ3) is 3.20. The number of rotatable bonds is 3. The van der Waals surface area contributed by atoms with Crippen LogP contribution in [0.5, 0.6) is 0 Å². The van der Waals surface area contributed by atoms with Crippen LogP contribution in [0.1, 0.15) is 25.1 Å². The van der Waals surface area contributed by atoms with Crippen LogP contribution in [0.3, 0.4) is 0 Å². The number of halogens is 1. The van der Waals surface area contributed by atoms with Crippen molar-refractivity contribution < 1.29 is 14.3 Å². The van der Waals surface area contributed by atoms with E-state index in [-0.39, 0.29) is 17.8 Å². The van der Waals surface area contributed by atoms with Crippen LogP contribution in [0.15, 0.2) is 36.5 Å². The van der Waals surface area contributed by atoms with E-state index in [0.717, 1.165) is 39.1 Å². The summed E-state index contributed by atoms with van der Waals surface area (Å²) in [6, 6.07) is 6.88. The van der Waals surface area contributed by atoms with Crippen molar-refractivity contribution in [1.29, 1.82) is 0 Å². The van der Waals surface area contributed by atoms with Gasteiger partial charge in [-0.1, -0.05) is 19.9 Å². The number of hydrogen-bond donors (Lipinski definition) is 2. The Morgan fingerprint density at radius 2 is 2.10 bits per heavy atom. The van der Waals surface area contributed by atoms with Crippen molar-refractivity contribution in [3.05, 3.63) is 53.6 Å². The molecule has 2 aliphatic heterocycles. The van der Waals surface area contributed by atoms with Gasteiger partial charge in [0, 0.05) is 66.2 Å². The lowest BCUT2D eigenvalue weighted by Crippen LogP contribution is -2.42. The van der Waals surface area contributed by atoms with Crippen molar-refractivity contribution in [3.63, 3.8) is 0 Å². The highest BCUT2D eigenvalue weighted by molar-refractivity contribution is 6.03. The standard InChI is InChI=1S/C24H25FN4O2/c1-24(2)13-29(12-20(30)31)9-7-18(24)22-17-11-28(3)19-5-4-14(25)10-16(19)15-6-8-26-23(27-22)21(15)17/h4-8,10H,9,11-13H2,1-3H3,(H,26,27)(H,30,31). The van der Waals surface area contributed by atoms with Crippen molar-refractivity contribution >= 4 is 28.3 Å². The first-order valence-electron chi connectivity index (χ1n) is 10.4. The molecule has 2 N–H and O–H groups in total. The molecule has 0 fully saturated rings. The molecule has 3 aromatic rings. The average Bonchev–Trinajstić information content (AvgIpc) is 2.98. The number of aliphatic carboxylic acids is 1. The molecule has 0 unspecified atom stereocenters. The summed E-state index contributed by atoms with van der Waals surface area (Å²) in [4.78, 5) is 23.4. The average molecular weight is 420 g/mol. The van der Waals surface area contributed by atoms with Crippen molar-refractivity contribution in [2.75, 3.05) is 31.6 Å². The monoisotopic (exact) mass is 420 g/mol. The summed E-state index contributed by atoms with van der Waals surface area (Å²) in [6.45, 7) is 6.22. The Labute approximate surface area is 180 Å². The Kier molecular flexibility index (Phi) is 4.41. The van der Waals surface area contributed by atoms with Gasteiger partial charge in [-0.3, -0.25) is 9.69 Å². The maximum atomic E-state index is 14.1. The van der Waals surface area contributed by atoms with Gasteiger partial charge < -0.3 is 15.0 Å². The fourth-order valence-electron chi connectivity index (χ4n) is 5.13. The second kappa shape index (κ2) is 6.92. The Balaban J connectivity index is 1.69. The van der Waals surface area contributed by atoms with E-state index in [1.807, 2.05) is 24.1 Å². The molecule has 160 valence electrons. The van der Waals surface area contributed by atoms with E-state index in [2.05, 4.69) is 34.8 Å². The molecule has 7 heteroatoms. The molecule has 0 aliphatic carbocycles. The van der Waals surface area contributed by atoms with Gasteiger partial charge in [-0.2, -0.15) is 0 Å². The van der Waals surface area contributed by atoms with Crippen molar-refractivity contribution in [1.82, 2.24) is 14.9 Å². The molecule has 0 saturated carbocycles. The highest BCUT2D eigenvalue weighted by atomic mass is 19.1. The molecule has 5 rings (SSSR count). The fourth-order valence-corrected chi connectivity index (χ4v) is 5.13. The van der Waals surface area contributed by atoms with Crippen LogP contribution in [0.2, 0.25) is 0 Å². The molecule has 0 spiro atoms. The van der Waals surface area contributed by atoms with E-state index in [1.54, 1.807) is 12.3 Å². The van der Waals surface area contributed by atoms with Gasteiger partial charge in [-0.05, 0) is 35.4 Å². The third-order valence-corrected chi connectivity index (χ3v) is 6.38. The van der Waals surface area contributed by atoms with Gasteiger partial charge in [0.15, 0.2) is 0 Å². The van der Waals surface area contributed by atoms with Gasteiger partial charge in [0.2, 0.25) is 0 Å². The van der Waals surface area contributed by atoms with E-state index in [4.69, 9.17) is 0 Å². The second-order valence-corrected chi connectivity index (χ2v) is 9.14. The molecule has 4 heterocycles. The topological polar surface area (TPSA) is 72.5 Å². The summed E-state index contributed by atoms with van der Waals surface area (Å²) in [7, 11) is 2.02. The minimum absolute atomic E-state index is 0.0298. The number of nitrogens with one attached hydrogen (secondary N) is 1. The highest BCUT2D eigenvalue weighted by Crippen LogP contribution is 2.46. The molecule has 2 aromatic heterocycles. The number of benzene rings is 1. The number of H-pyrrole nitrogens is 1. The lowest BCUT2D eigenvalue weighted by Gasteiger charge is -2.38. The number of carboxylic acid groups (broad SMARTS) is 1. The van der Waals surface area contributed by atoms with Crippen molar-refractivity contribution in [2.24, 2.45) is 5.41 Å². The number of hydrogen-bond acceptors (Lipinski definition) is 4. The molecule has 0 bridgehead atoms. The molecule has 6 nitrogen and oxygen atoms in total. The summed E-state index contributed by atoms with van der Waals surface area (Å²) in [5, 5.41) is 10.2. The van der Waals surface area contributed by atoms with E-state index in [1.165, 1.54) is 11.6 Å². The van der Waals surface area contributed by atoms with Gasteiger partial charge in [0.1, 0.15) is 11.5 Å². The summed E-state index contributed by atoms with van der Waals surface area (Å²) in [6.07, 6.45) is 3.89. The van der Waals surface area contributed by atoms with Crippen LogP contribution < -0.4 is 4.90 Å². The van der Waals surface area contributed by atoms with Gasteiger partial charge in [0.25, 0.3) is 0 Å². The Morgan fingerprint density at radius 1 is 1.29 bits per heavy atom. The number of carboxylic acids is 1. The normalized spacial score (nSPS) is 17.9. The molecule has 2 aliphatic rings. The summed E-state index contributed by atoms with van der Waals surface area (Å²) in [5.41, 5.74) is 6.72. The third-order valence-electron chi connectivity index (χ3n) is 6.38. The SMILES string of the molecule is CN1Cc2c(C3=CCN(CC(=O)O)CC3(C)C)[nH]c3nccc(c23)-c2cc(F)ccc21. The number of aromatic amines is 1. The molecular formula is C24H25FN4O2. The highest BCUT2D eigenvalue weighted by Gasteiger charge is 2.35. The summed E-state index contributed by atoms with van der Waals surface area (Å²) < 4.78 is 14.1. The maximum Gasteiger partial charge on any atom is 0.317 e. The van der Waals surface area contributed by atoms with Crippen LogP contribution >= 0.6 is 0 Å². The smallest absolute Gasteiger partial charge is 0.317 e. The Bertz CT molecular complexity index is 1240. The summed E-state index contributed by atoms with van der Waals surface area (Å²) in [5.74, 6) is -1.07. The molecule has 0 radical (unpaired) electrons. The minimum atomic E-state index is -0.815. The Morgan fingerprint density at radius 3 is 2.84 bits per heavy atom. The lowest BCUT2D eigenvalue weighted by molar-refractivity contribution is -0.138.